The van der Waals surface area contributed by atoms with Gasteiger partial charge in [0.15, 0.2) is 0 Å². The number of rotatable bonds is 3. The molecule has 2 nitrogen and oxygen atoms in total. The normalized spacial score (nSPS) is 21.0. The molecule has 0 spiro atoms. The second-order valence-corrected chi connectivity index (χ2v) is 7.19. The maximum atomic E-state index is 14.4. The molecule has 2 fully saturated rings. The van der Waals surface area contributed by atoms with Gasteiger partial charge < -0.3 is 5.32 Å². The Kier molecular flexibility index (Phi) is 8.93. The molecular formula is C16H24Cl2FIN2. The number of hydrogen-bond acceptors (Lipinski definition) is 2. The van der Waals surface area contributed by atoms with Gasteiger partial charge in [-0.3, -0.25) is 4.90 Å². The summed E-state index contributed by atoms with van der Waals surface area (Å²) < 4.78 is 15.5. The van der Waals surface area contributed by atoms with Gasteiger partial charge in [0, 0.05) is 41.4 Å². The van der Waals surface area contributed by atoms with Crippen molar-refractivity contribution in [1.82, 2.24) is 10.2 Å². The molecular weight excluding hydrogens is 437 g/mol. The van der Waals surface area contributed by atoms with Crippen LogP contribution in [-0.4, -0.2) is 31.1 Å². The van der Waals surface area contributed by atoms with Crippen LogP contribution in [0.4, 0.5) is 4.39 Å². The van der Waals surface area contributed by atoms with Gasteiger partial charge in [-0.1, -0.05) is 12.8 Å². The van der Waals surface area contributed by atoms with Crippen LogP contribution in [0.2, 0.25) is 0 Å². The highest BCUT2D eigenvalue weighted by molar-refractivity contribution is 14.1. The van der Waals surface area contributed by atoms with E-state index >= 15 is 0 Å². The monoisotopic (exact) mass is 460 g/mol. The molecule has 0 bridgehead atoms. The molecule has 2 aliphatic rings. The first kappa shape index (κ1) is 20.4. The number of halogens is 4. The fourth-order valence-corrected chi connectivity index (χ4v) is 4.24. The minimum absolute atomic E-state index is 0. The Bertz CT molecular complexity index is 463. The van der Waals surface area contributed by atoms with Gasteiger partial charge in [0.25, 0.3) is 0 Å². The van der Waals surface area contributed by atoms with E-state index in [2.05, 4.69) is 38.9 Å². The number of nitrogens with zero attached hydrogens (tertiary/aromatic N) is 1. The molecule has 1 saturated carbocycles. The summed E-state index contributed by atoms with van der Waals surface area (Å²) in [7, 11) is 0. The minimum atomic E-state index is -0.0270. The van der Waals surface area contributed by atoms with E-state index in [1.807, 2.05) is 6.07 Å². The van der Waals surface area contributed by atoms with E-state index in [4.69, 9.17) is 0 Å². The lowest BCUT2D eigenvalue weighted by Crippen LogP contribution is -2.47. The summed E-state index contributed by atoms with van der Waals surface area (Å²) in [5.41, 5.74) is 0.922. The molecule has 3 rings (SSSR count). The van der Waals surface area contributed by atoms with Gasteiger partial charge in [0.1, 0.15) is 5.82 Å². The molecule has 0 radical (unpaired) electrons. The van der Waals surface area contributed by atoms with Crippen LogP contribution in [0.5, 0.6) is 0 Å². The zero-order chi connectivity index (χ0) is 13.9. The van der Waals surface area contributed by atoms with Crippen LogP contribution in [0.15, 0.2) is 18.2 Å². The maximum Gasteiger partial charge on any atom is 0.128 e. The van der Waals surface area contributed by atoms with Crippen LogP contribution in [0.1, 0.15) is 37.3 Å². The number of hydrogen-bond donors (Lipinski definition) is 1. The first-order valence-electron chi connectivity index (χ1n) is 7.65. The quantitative estimate of drug-likeness (QED) is 0.672. The topological polar surface area (TPSA) is 15.3 Å². The Balaban J connectivity index is 0.00000121. The zero-order valence-electron chi connectivity index (χ0n) is 12.6. The van der Waals surface area contributed by atoms with Crippen molar-refractivity contribution in [1.29, 1.82) is 0 Å². The summed E-state index contributed by atoms with van der Waals surface area (Å²) in [6.07, 6.45) is 5.11. The van der Waals surface area contributed by atoms with Crippen molar-refractivity contribution in [3.05, 3.63) is 33.1 Å². The molecule has 1 aliphatic heterocycles. The Labute approximate surface area is 158 Å². The average Bonchev–Trinajstić information content (AvgIpc) is 2.98. The van der Waals surface area contributed by atoms with E-state index in [1.54, 1.807) is 6.07 Å². The average molecular weight is 461 g/mol. The molecule has 1 atom stereocenters. The maximum absolute atomic E-state index is 14.4. The first-order valence-corrected chi connectivity index (χ1v) is 8.73. The molecule has 1 saturated heterocycles. The third-order valence-electron chi connectivity index (χ3n) is 4.67. The Morgan fingerprint density at radius 2 is 1.77 bits per heavy atom. The molecule has 1 heterocycles. The van der Waals surface area contributed by atoms with Crippen molar-refractivity contribution in [2.45, 2.75) is 31.7 Å². The van der Waals surface area contributed by atoms with E-state index in [0.717, 1.165) is 35.3 Å². The van der Waals surface area contributed by atoms with Crippen LogP contribution >= 0.6 is 47.4 Å². The summed E-state index contributed by atoms with van der Waals surface area (Å²) in [5.74, 6) is 0.599. The second-order valence-electron chi connectivity index (χ2n) is 5.94. The Morgan fingerprint density at radius 1 is 1.14 bits per heavy atom. The van der Waals surface area contributed by atoms with Gasteiger partial charge in [0.2, 0.25) is 0 Å². The Morgan fingerprint density at radius 3 is 2.41 bits per heavy atom. The van der Waals surface area contributed by atoms with Crippen LogP contribution in [0.3, 0.4) is 0 Å². The third-order valence-corrected chi connectivity index (χ3v) is 5.34. The first-order chi connectivity index (χ1) is 9.75. The van der Waals surface area contributed by atoms with Crippen LogP contribution in [-0.2, 0) is 0 Å². The third kappa shape index (κ3) is 4.69. The molecule has 1 aromatic carbocycles. The van der Waals surface area contributed by atoms with Crippen molar-refractivity contribution in [2.24, 2.45) is 5.92 Å². The van der Waals surface area contributed by atoms with Gasteiger partial charge in [0.05, 0.1) is 0 Å². The fraction of sp³-hybridized carbons (Fsp3) is 0.625. The smallest absolute Gasteiger partial charge is 0.128 e. The predicted octanol–water partition coefficient (Wildman–Crippen LogP) is 4.41. The van der Waals surface area contributed by atoms with Crippen LogP contribution in [0.25, 0.3) is 0 Å². The van der Waals surface area contributed by atoms with Gasteiger partial charge in [-0.2, -0.15) is 0 Å². The molecule has 6 heteroatoms. The van der Waals surface area contributed by atoms with Crippen molar-refractivity contribution in [2.75, 3.05) is 26.2 Å². The molecule has 1 aliphatic carbocycles. The lowest BCUT2D eigenvalue weighted by molar-refractivity contribution is 0.122. The summed E-state index contributed by atoms with van der Waals surface area (Å²) >= 11 is 2.29. The van der Waals surface area contributed by atoms with E-state index in [0.29, 0.717) is 5.92 Å². The molecule has 1 N–H and O–H groups in total. The highest BCUT2D eigenvalue weighted by Gasteiger charge is 2.33. The second kappa shape index (κ2) is 9.62. The van der Waals surface area contributed by atoms with E-state index in [9.17, 15) is 4.39 Å². The number of benzene rings is 1. The Hall–Kier alpha value is 0.380. The van der Waals surface area contributed by atoms with Gasteiger partial charge in [-0.05, 0) is 59.5 Å². The van der Waals surface area contributed by atoms with Gasteiger partial charge in [-0.25, -0.2) is 4.39 Å². The predicted molar refractivity (Wildman–Crippen MR) is 103 cm³/mol. The highest BCUT2D eigenvalue weighted by atomic mass is 127. The summed E-state index contributed by atoms with van der Waals surface area (Å²) in [6, 6.07) is 5.83. The lowest BCUT2D eigenvalue weighted by atomic mass is 9.89. The molecule has 126 valence electrons. The van der Waals surface area contributed by atoms with Crippen molar-refractivity contribution in [3.8, 4) is 0 Å². The molecule has 0 unspecified atom stereocenters. The van der Waals surface area contributed by atoms with Crippen molar-refractivity contribution < 1.29 is 4.39 Å². The summed E-state index contributed by atoms with van der Waals surface area (Å²) in [5, 5.41) is 3.40. The van der Waals surface area contributed by atoms with Crippen molar-refractivity contribution in [3.63, 3.8) is 0 Å². The molecule has 0 aromatic heterocycles. The highest BCUT2D eigenvalue weighted by Crippen LogP contribution is 2.40. The van der Waals surface area contributed by atoms with Gasteiger partial charge >= 0.3 is 0 Å². The van der Waals surface area contributed by atoms with Crippen LogP contribution < -0.4 is 5.32 Å². The lowest BCUT2D eigenvalue weighted by Gasteiger charge is -2.38. The van der Waals surface area contributed by atoms with Crippen LogP contribution in [0, 0.1) is 15.3 Å². The SMILES string of the molecule is Cl.Cl.Fc1ccc(I)cc1[C@@H](C1CCCC1)N1CCNCC1. The molecule has 22 heavy (non-hydrogen) atoms. The summed E-state index contributed by atoms with van der Waals surface area (Å²) in [4.78, 5) is 2.50. The fourth-order valence-electron chi connectivity index (χ4n) is 3.72. The number of piperazine rings is 1. The standard InChI is InChI=1S/C16H22FIN2.2ClH/c17-15-6-5-13(18)11-14(15)16(12-3-1-2-4-12)20-9-7-19-8-10-20;;/h5-6,11-12,16,19H,1-4,7-10H2;2*1H/t16-;;/m1../s1. The minimum Gasteiger partial charge on any atom is -0.314 e. The van der Waals surface area contributed by atoms with E-state index in [-0.39, 0.29) is 36.7 Å². The van der Waals surface area contributed by atoms with Crippen molar-refractivity contribution >= 4 is 47.4 Å². The summed E-state index contributed by atoms with van der Waals surface area (Å²) in [6.45, 7) is 4.11. The zero-order valence-corrected chi connectivity index (χ0v) is 16.4. The largest absolute Gasteiger partial charge is 0.314 e. The van der Waals surface area contributed by atoms with E-state index in [1.165, 1.54) is 25.7 Å². The van der Waals surface area contributed by atoms with Gasteiger partial charge in [-0.15, -0.1) is 24.8 Å². The molecule has 1 aromatic rings. The molecule has 0 amide bonds. The number of nitrogens with one attached hydrogen (secondary N) is 1. The van der Waals surface area contributed by atoms with E-state index < -0.39 is 0 Å².